The summed E-state index contributed by atoms with van der Waals surface area (Å²) in [6.45, 7) is 0.908. The smallest absolute Gasteiger partial charge is 0.134 e. The molecule has 4 nitrogen and oxygen atoms in total. The number of allylic oxidation sites excluding steroid dienone is 1. The van der Waals surface area contributed by atoms with Crippen molar-refractivity contribution in [2.75, 3.05) is 0 Å². The summed E-state index contributed by atoms with van der Waals surface area (Å²) in [5, 5.41) is 10.3. The average Bonchev–Trinajstić information content (AvgIpc) is 3.17. The lowest BCUT2D eigenvalue weighted by atomic mass is 10.1. The summed E-state index contributed by atoms with van der Waals surface area (Å²) >= 11 is 9.48. The Kier molecular flexibility index (Phi) is 6.18. The van der Waals surface area contributed by atoms with Crippen LogP contribution in [0.15, 0.2) is 83.1 Å². The van der Waals surface area contributed by atoms with Gasteiger partial charge in [-0.25, -0.2) is 4.98 Å². The summed E-state index contributed by atoms with van der Waals surface area (Å²) in [6.07, 6.45) is 3.64. The van der Waals surface area contributed by atoms with E-state index in [1.807, 2.05) is 77.4 Å². The predicted molar refractivity (Wildman–Crippen MR) is 123 cm³/mol. The van der Waals surface area contributed by atoms with Crippen LogP contribution in [0.5, 0.6) is 5.75 Å². The zero-order valence-electron chi connectivity index (χ0n) is 15.9. The normalized spacial score (nSPS) is 11.4. The van der Waals surface area contributed by atoms with E-state index in [0.717, 1.165) is 32.4 Å². The van der Waals surface area contributed by atoms with E-state index in [4.69, 9.17) is 16.3 Å². The summed E-state index contributed by atoms with van der Waals surface area (Å²) < 4.78 is 8.70. The topological polar surface area (TPSA) is 50.8 Å². The van der Waals surface area contributed by atoms with Crippen molar-refractivity contribution in [2.24, 2.45) is 0 Å². The standard InChI is InChI=1S/C24H17BrClN3O/c25-21-12-18(7-10-24(21)30-15-17-5-8-20(26)9-6-17)11-19(13-27)14-29-16-28-22-3-1-2-4-23(22)29/h1-12,16H,14-15H2/b19-11-. The summed E-state index contributed by atoms with van der Waals surface area (Å²) in [6, 6.07) is 23.5. The first-order valence-electron chi connectivity index (χ1n) is 9.30. The van der Waals surface area contributed by atoms with Gasteiger partial charge in [0.25, 0.3) is 0 Å². The molecule has 0 aliphatic heterocycles. The molecule has 0 atom stereocenters. The maximum Gasteiger partial charge on any atom is 0.134 e. The quantitative estimate of drug-likeness (QED) is 0.292. The van der Waals surface area contributed by atoms with Crippen molar-refractivity contribution in [2.45, 2.75) is 13.2 Å². The summed E-state index contributed by atoms with van der Waals surface area (Å²) in [5.41, 5.74) is 4.52. The highest BCUT2D eigenvalue weighted by molar-refractivity contribution is 9.10. The second-order valence-corrected chi connectivity index (χ2v) is 8.04. The fraction of sp³-hybridized carbons (Fsp3) is 0.0833. The van der Waals surface area contributed by atoms with Crippen LogP contribution in [0, 0.1) is 11.3 Å². The minimum absolute atomic E-state index is 0.447. The molecule has 0 unspecified atom stereocenters. The fourth-order valence-electron chi connectivity index (χ4n) is 3.10. The Hall–Kier alpha value is -3.07. The van der Waals surface area contributed by atoms with Gasteiger partial charge < -0.3 is 9.30 Å². The van der Waals surface area contributed by atoms with Gasteiger partial charge >= 0.3 is 0 Å². The molecule has 0 spiro atoms. The maximum absolute atomic E-state index is 9.61. The Labute approximate surface area is 188 Å². The van der Waals surface area contributed by atoms with Crippen molar-refractivity contribution in [3.05, 3.63) is 99.3 Å². The van der Waals surface area contributed by atoms with E-state index in [1.54, 1.807) is 6.33 Å². The van der Waals surface area contributed by atoms with E-state index >= 15 is 0 Å². The molecule has 0 aliphatic carbocycles. The highest BCUT2D eigenvalue weighted by Crippen LogP contribution is 2.28. The summed E-state index contributed by atoms with van der Waals surface area (Å²) in [7, 11) is 0. The van der Waals surface area contributed by atoms with Gasteiger partial charge in [0.2, 0.25) is 0 Å². The molecular formula is C24H17BrClN3O. The lowest BCUT2D eigenvalue weighted by molar-refractivity contribution is 0.304. The highest BCUT2D eigenvalue weighted by Gasteiger charge is 2.07. The Bertz CT molecular complexity index is 1260. The third-order valence-electron chi connectivity index (χ3n) is 4.62. The van der Waals surface area contributed by atoms with E-state index in [0.29, 0.717) is 23.7 Å². The number of fused-ring (bicyclic) bond motifs is 1. The van der Waals surface area contributed by atoms with Crippen LogP contribution in [0.3, 0.4) is 0 Å². The van der Waals surface area contributed by atoms with Crippen LogP contribution in [0.25, 0.3) is 17.1 Å². The van der Waals surface area contributed by atoms with E-state index < -0.39 is 0 Å². The molecule has 0 saturated carbocycles. The number of hydrogen-bond donors (Lipinski definition) is 0. The number of ether oxygens (including phenoxy) is 1. The lowest BCUT2D eigenvalue weighted by Gasteiger charge is -2.09. The van der Waals surface area contributed by atoms with Gasteiger partial charge in [-0.2, -0.15) is 5.26 Å². The second kappa shape index (κ2) is 9.17. The zero-order valence-corrected chi connectivity index (χ0v) is 18.3. The molecule has 148 valence electrons. The molecule has 0 saturated heterocycles. The number of para-hydroxylation sites is 2. The van der Waals surface area contributed by atoms with Crippen LogP contribution < -0.4 is 4.74 Å². The highest BCUT2D eigenvalue weighted by atomic mass is 79.9. The molecule has 4 rings (SSSR count). The van der Waals surface area contributed by atoms with Crippen LogP contribution >= 0.6 is 27.5 Å². The molecule has 4 aromatic rings. The van der Waals surface area contributed by atoms with Gasteiger partial charge in [0.05, 0.1) is 34.4 Å². The number of nitrogens with zero attached hydrogens (tertiary/aromatic N) is 3. The molecule has 0 amide bonds. The van der Waals surface area contributed by atoms with Crippen molar-refractivity contribution >= 4 is 44.6 Å². The SMILES string of the molecule is N#C/C(=C/c1ccc(OCc2ccc(Cl)cc2)c(Br)c1)Cn1cnc2ccccc21. The van der Waals surface area contributed by atoms with Crippen molar-refractivity contribution in [3.8, 4) is 11.8 Å². The first-order chi connectivity index (χ1) is 14.6. The Morgan fingerprint density at radius 1 is 1.13 bits per heavy atom. The first kappa shape index (κ1) is 20.2. The van der Waals surface area contributed by atoms with E-state index in [9.17, 15) is 5.26 Å². The van der Waals surface area contributed by atoms with Crippen molar-refractivity contribution in [3.63, 3.8) is 0 Å². The van der Waals surface area contributed by atoms with Crippen molar-refractivity contribution < 1.29 is 4.74 Å². The molecule has 0 radical (unpaired) electrons. The van der Waals surface area contributed by atoms with Gasteiger partial charge in [-0.1, -0.05) is 41.9 Å². The summed E-state index contributed by atoms with van der Waals surface area (Å²) in [5.74, 6) is 0.737. The number of aromatic nitrogens is 2. The fourth-order valence-corrected chi connectivity index (χ4v) is 3.74. The molecule has 1 aromatic heterocycles. The van der Waals surface area contributed by atoms with Gasteiger partial charge in [0.15, 0.2) is 0 Å². The molecular weight excluding hydrogens is 462 g/mol. The molecule has 0 bridgehead atoms. The van der Waals surface area contributed by atoms with E-state index in [-0.39, 0.29) is 0 Å². The zero-order chi connectivity index (χ0) is 20.9. The third-order valence-corrected chi connectivity index (χ3v) is 5.49. The number of rotatable bonds is 6. The number of imidazole rings is 1. The molecule has 0 fully saturated rings. The Balaban J connectivity index is 1.48. The monoisotopic (exact) mass is 477 g/mol. The Morgan fingerprint density at radius 3 is 2.70 bits per heavy atom. The van der Waals surface area contributed by atoms with Gasteiger partial charge in [-0.3, -0.25) is 0 Å². The minimum atomic E-state index is 0.447. The predicted octanol–water partition coefficient (Wildman–Crippen LogP) is 6.64. The summed E-state index contributed by atoms with van der Waals surface area (Å²) in [4.78, 5) is 4.38. The van der Waals surface area contributed by atoms with Crippen LogP contribution in [0.1, 0.15) is 11.1 Å². The van der Waals surface area contributed by atoms with Crippen LogP contribution in [0.4, 0.5) is 0 Å². The number of hydrogen-bond acceptors (Lipinski definition) is 3. The number of halogens is 2. The van der Waals surface area contributed by atoms with Gasteiger partial charge in [-0.15, -0.1) is 0 Å². The van der Waals surface area contributed by atoms with Gasteiger partial charge in [0, 0.05) is 10.6 Å². The van der Waals surface area contributed by atoms with Crippen molar-refractivity contribution in [1.82, 2.24) is 9.55 Å². The first-order valence-corrected chi connectivity index (χ1v) is 10.5. The minimum Gasteiger partial charge on any atom is -0.488 e. The number of benzene rings is 3. The molecule has 3 aromatic carbocycles. The van der Waals surface area contributed by atoms with Crippen LogP contribution in [-0.2, 0) is 13.2 Å². The molecule has 0 aliphatic rings. The third kappa shape index (κ3) is 4.73. The maximum atomic E-state index is 9.61. The van der Waals surface area contributed by atoms with Crippen LogP contribution in [-0.4, -0.2) is 9.55 Å². The van der Waals surface area contributed by atoms with E-state index in [2.05, 4.69) is 27.0 Å². The van der Waals surface area contributed by atoms with Crippen LogP contribution in [0.2, 0.25) is 5.02 Å². The Morgan fingerprint density at radius 2 is 1.93 bits per heavy atom. The second-order valence-electron chi connectivity index (χ2n) is 6.75. The molecule has 6 heteroatoms. The number of nitriles is 1. The van der Waals surface area contributed by atoms with Gasteiger partial charge in [-0.05, 0) is 69.5 Å². The largest absolute Gasteiger partial charge is 0.488 e. The van der Waals surface area contributed by atoms with Crippen molar-refractivity contribution in [1.29, 1.82) is 5.26 Å². The molecule has 1 heterocycles. The van der Waals surface area contributed by atoms with E-state index in [1.165, 1.54) is 0 Å². The average molecular weight is 479 g/mol. The molecule has 30 heavy (non-hydrogen) atoms. The molecule has 0 N–H and O–H groups in total. The van der Waals surface area contributed by atoms with Gasteiger partial charge in [0.1, 0.15) is 12.4 Å². The lowest BCUT2D eigenvalue weighted by Crippen LogP contribution is -1.98.